The Bertz CT molecular complexity index is 1690. The van der Waals surface area contributed by atoms with Crippen molar-refractivity contribution in [2.45, 2.75) is 18.2 Å². The first-order valence-corrected chi connectivity index (χ1v) is 13.7. The van der Waals surface area contributed by atoms with Gasteiger partial charge in [-0.2, -0.15) is 10.5 Å². The lowest BCUT2D eigenvalue weighted by atomic mass is 9.81. The van der Waals surface area contributed by atoms with Crippen molar-refractivity contribution in [3.8, 4) is 0 Å². The lowest BCUT2D eigenvalue weighted by Crippen LogP contribution is -2.53. The highest BCUT2D eigenvalue weighted by Crippen LogP contribution is 2.64. The molecule has 0 bridgehead atoms. The molecule has 1 fully saturated rings. The molecule has 7 rings (SSSR count). The summed E-state index contributed by atoms with van der Waals surface area (Å²) in [5.41, 5.74) is 9.35. The molecule has 0 spiro atoms. The smallest absolute Gasteiger partial charge is 0.225 e. The van der Waals surface area contributed by atoms with Gasteiger partial charge in [-0.15, -0.1) is 4.81 Å². The van der Waals surface area contributed by atoms with E-state index in [-0.39, 0.29) is 0 Å². The van der Waals surface area contributed by atoms with Crippen molar-refractivity contribution < 1.29 is 4.81 Å². The molecule has 6 heteroatoms. The number of fused-ring (bicyclic) bond motifs is 1. The van der Waals surface area contributed by atoms with Crippen LogP contribution in [0.4, 0.5) is 17.1 Å². The van der Waals surface area contributed by atoms with Crippen LogP contribution in [-0.4, -0.2) is 9.92 Å². The number of hydrogen-bond acceptors (Lipinski definition) is 2. The van der Waals surface area contributed by atoms with Gasteiger partial charge in [0.25, 0.3) is 0 Å². The molecular weight excluding hydrogens is 510 g/mol. The number of benzene rings is 5. The Labute approximate surface area is 239 Å². The summed E-state index contributed by atoms with van der Waals surface area (Å²) in [6.45, 7) is 2.09. The molecule has 5 nitrogen and oxygen atoms in total. The molecule has 2 aliphatic rings. The molecule has 2 aliphatic heterocycles. The fourth-order valence-electron chi connectivity index (χ4n) is 5.87. The summed E-state index contributed by atoms with van der Waals surface area (Å²) in [5.74, 6) is 0. The fraction of sp³-hybridized carbons (Fsp3) is 0.0882. The van der Waals surface area contributed by atoms with E-state index in [0.29, 0.717) is 5.11 Å². The van der Waals surface area contributed by atoms with Crippen LogP contribution in [0.2, 0.25) is 0 Å². The van der Waals surface area contributed by atoms with Gasteiger partial charge in [0.1, 0.15) is 0 Å². The van der Waals surface area contributed by atoms with Crippen LogP contribution in [0.25, 0.3) is 5.43 Å². The van der Waals surface area contributed by atoms with Crippen LogP contribution in [0.5, 0.6) is 0 Å². The first kappa shape index (κ1) is 24.2. The maximum Gasteiger partial charge on any atom is 0.225 e. The predicted octanol–water partition coefficient (Wildman–Crippen LogP) is 8.41. The van der Waals surface area contributed by atoms with Crippen LogP contribution in [0.15, 0.2) is 151 Å². The third kappa shape index (κ3) is 3.43. The molecule has 40 heavy (non-hydrogen) atoms. The van der Waals surface area contributed by atoms with Crippen molar-refractivity contribution in [3.05, 3.63) is 168 Å². The number of nitrogens with zero attached hydrogens (tertiary/aromatic N) is 5. The van der Waals surface area contributed by atoms with Crippen molar-refractivity contribution in [1.82, 2.24) is 0 Å². The van der Waals surface area contributed by atoms with Gasteiger partial charge in [0.05, 0.1) is 0 Å². The van der Waals surface area contributed by atoms with E-state index >= 15 is 0 Å². The van der Waals surface area contributed by atoms with Crippen molar-refractivity contribution >= 4 is 34.4 Å². The molecule has 2 atom stereocenters. The van der Waals surface area contributed by atoms with E-state index in [2.05, 4.69) is 102 Å². The second-order valence-corrected chi connectivity index (χ2v) is 10.4. The maximum absolute atomic E-state index is 6.43. The number of aryl methyl sites for hydroxylation is 1. The number of hydrogen-bond donors (Lipinski definition) is 0. The van der Waals surface area contributed by atoms with Crippen LogP contribution in [0, 0.1) is 6.92 Å². The first-order chi connectivity index (χ1) is 19.6. The van der Waals surface area contributed by atoms with Gasteiger partial charge in [-0.05, 0) is 54.5 Å². The summed E-state index contributed by atoms with van der Waals surface area (Å²) in [7, 11) is 0. The second-order valence-electron chi connectivity index (χ2n) is 10.0. The molecule has 5 aromatic carbocycles. The molecule has 1 saturated heterocycles. The van der Waals surface area contributed by atoms with E-state index in [1.807, 2.05) is 60.7 Å². The predicted molar refractivity (Wildman–Crippen MR) is 164 cm³/mol. The Hall–Kier alpha value is -4.81. The van der Waals surface area contributed by atoms with E-state index in [0.717, 1.165) is 28.2 Å². The summed E-state index contributed by atoms with van der Waals surface area (Å²) in [6, 6.07) is 49.7. The highest BCUT2D eigenvalue weighted by Gasteiger charge is 2.70. The quantitative estimate of drug-likeness (QED) is 0.167. The van der Waals surface area contributed by atoms with Crippen molar-refractivity contribution in [3.63, 3.8) is 0 Å². The average Bonchev–Trinajstić information content (AvgIpc) is 3.47. The monoisotopic (exact) mass is 537 g/mol. The minimum atomic E-state index is -1.06. The lowest BCUT2D eigenvalue weighted by molar-refractivity contribution is -0.457. The lowest BCUT2D eigenvalue weighted by Gasteiger charge is -2.46. The zero-order valence-electron chi connectivity index (χ0n) is 22.0. The number of rotatable bonds is 5. The van der Waals surface area contributed by atoms with Crippen molar-refractivity contribution in [1.29, 1.82) is 0 Å². The Morgan fingerprint density at radius 2 is 1.10 bits per heavy atom. The van der Waals surface area contributed by atoms with Gasteiger partial charge in [-0.25, -0.2) is 0 Å². The summed E-state index contributed by atoms with van der Waals surface area (Å²) >= 11 is 6.43. The second kappa shape index (κ2) is 9.43. The fourth-order valence-corrected chi connectivity index (χ4v) is 6.35. The Morgan fingerprint density at radius 1 is 0.600 bits per heavy atom. The highest BCUT2D eigenvalue weighted by molar-refractivity contribution is 7.80. The number of para-hydroxylation sites is 2. The Balaban J connectivity index is 1.63. The molecule has 0 aliphatic carbocycles. The first-order valence-electron chi connectivity index (χ1n) is 13.3. The van der Waals surface area contributed by atoms with Crippen LogP contribution >= 0.6 is 12.2 Å². The molecular formula is C34H27N5S. The van der Waals surface area contributed by atoms with Crippen molar-refractivity contribution in [2.24, 2.45) is 5.11 Å². The van der Waals surface area contributed by atoms with Gasteiger partial charge < -0.3 is 9.80 Å². The molecule has 0 saturated carbocycles. The molecule has 2 unspecified atom stereocenters. The Morgan fingerprint density at radius 3 is 1.70 bits per heavy atom. The molecule has 194 valence electrons. The van der Waals surface area contributed by atoms with Gasteiger partial charge in [-0.1, -0.05) is 115 Å². The summed E-state index contributed by atoms with van der Waals surface area (Å²) in [5, 5.41) is 6.16. The third-order valence-corrected chi connectivity index (χ3v) is 8.01. The summed E-state index contributed by atoms with van der Waals surface area (Å²) < 4.78 is 0. The van der Waals surface area contributed by atoms with E-state index in [1.165, 1.54) is 5.56 Å². The molecule has 0 N–H and O–H groups in total. The minimum absolute atomic E-state index is 0.628. The molecule has 0 radical (unpaired) electrons. The van der Waals surface area contributed by atoms with E-state index < -0.39 is 11.3 Å². The van der Waals surface area contributed by atoms with Gasteiger partial charge in [0, 0.05) is 23.5 Å². The summed E-state index contributed by atoms with van der Waals surface area (Å²) in [6.07, 6.45) is 0. The molecule has 0 aromatic heterocycles. The van der Waals surface area contributed by atoms with Gasteiger partial charge in [-0.3, -0.25) is 0 Å². The SMILES string of the molecule is Cc1ccc(N2C(=S)N(c3ccccc3)C3(c4ccccc4)N=[N+](c4ccccc4)[N-]C23c2ccccc2)cc1. The maximum atomic E-state index is 6.43. The van der Waals surface area contributed by atoms with E-state index in [9.17, 15) is 0 Å². The van der Waals surface area contributed by atoms with Crippen molar-refractivity contribution in [2.75, 3.05) is 9.80 Å². The van der Waals surface area contributed by atoms with E-state index in [1.54, 1.807) is 4.81 Å². The van der Waals surface area contributed by atoms with E-state index in [4.69, 9.17) is 22.8 Å². The zero-order valence-corrected chi connectivity index (χ0v) is 22.8. The largest absolute Gasteiger partial charge is 0.300 e. The van der Waals surface area contributed by atoms with Gasteiger partial charge in [0.2, 0.25) is 5.69 Å². The van der Waals surface area contributed by atoms with Crippen LogP contribution < -0.4 is 9.80 Å². The average molecular weight is 538 g/mol. The Kier molecular flexibility index (Phi) is 5.72. The zero-order chi connectivity index (χ0) is 27.2. The standard InChI is InChI=1S/C34H27N5S/c1-26-22-24-30(25-23-26)38-32(40)37(29-18-10-4-11-19-29)33(27-14-6-2-7-15-27)34(38,28-16-8-3-9-17-28)36-39(35-33)31-20-12-5-13-21-31/h2-25H,1H3. The summed E-state index contributed by atoms with van der Waals surface area (Å²) in [4.78, 5) is 6.15. The molecule has 0 amide bonds. The van der Waals surface area contributed by atoms with Crippen LogP contribution in [-0.2, 0) is 11.3 Å². The highest BCUT2D eigenvalue weighted by atomic mass is 32.1. The topological polar surface area (TPSA) is 36.0 Å². The van der Waals surface area contributed by atoms with Gasteiger partial charge in [0.15, 0.2) is 16.4 Å². The molecule has 2 heterocycles. The van der Waals surface area contributed by atoms with Gasteiger partial charge >= 0.3 is 0 Å². The van der Waals surface area contributed by atoms with Crippen LogP contribution in [0.3, 0.4) is 0 Å². The third-order valence-electron chi connectivity index (χ3n) is 7.64. The number of anilines is 2. The normalized spacial score (nSPS) is 21.6. The molecule has 5 aromatic rings. The number of azo groups is 1. The number of thiocarbonyl (C=S) groups is 1. The van der Waals surface area contributed by atoms with Crippen LogP contribution in [0.1, 0.15) is 16.7 Å². The minimum Gasteiger partial charge on any atom is -0.300 e.